The molecule has 1 amide bonds. The zero-order valence-electron chi connectivity index (χ0n) is 8.32. The molecule has 1 heterocycles. The monoisotopic (exact) mass is 224 g/mol. The van der Waals surface area contributed by atoms with Gasteiger partial charge in [0, 0.05) is 29.7 Å². The molecule has 1 fully saturated rings. The maximum atomic E-state index is 12.0. The number of hydrogen-bond donors (Lipinski definition) is 1. The first kappa shape index (κ1) is 10.5. The van der Waals surface area contributed by atoms with E-state index in [4.69, 9.17) is 17.3 Å². The van der Waals surface area contributed by atoms with Crippen LogP contribution < -0.4 is 5.73 Å². The van der Waals surface area contributed by atoms with E-state index in [-0.39, 0.29) is 11.9 Å². The fraction of sp³-hybridized carbons (Fsp3) is 0.364. The second-order valence-corrected chi connectivity index (χ2v) is 4.25. The summed E-state index contributed by atoms with van der Waals surface area (Å²) in [5.41, 5.74) is 6.39. The largest absolute Gasteiger partial charge is 0.337 e. The van der Waals surface area contributed by atoms with Crippen LogP contribution in [0.5, 0.6) is 0 Å². The molecule has 2 rings (SSSR count). The Morgan fingerprint density at radius 1 is 1.53 bits per heavy atom. The van der Waals surface area contributed by atoms with Crippen molar-refractivity contribution in [1.29, 1.82) is 0 Å². The van der Waals surface area contributed by atoms with Gasteiger partial charge in [0.2, 0.25) is 0 Å². The van der Waals surface area contributed by atoms with E-state index >= 15 is 0 Å². The van der Waals surface area contributed by atoms with Crippen molar-refractivity contribution in [3.63, 3.8) is 0 Å². The molecule has 1 unspecified atom stereocenters. The molecular formula is C11H13ClN2O. The molecule has 3 nitrogen and oxygen atoms in total. The molecule has 1 aromatic carbocycles. The molecule has 1 aromatic rings. The zero-order valence-corrected chi connectivity index (χ0v) is 9.07. The van der Waals surface area contributed by atoms with Crippen molar-refractivity contribution in [3.8, 4) is 0 Å². The maximum Gasteiger partial charge on any atom is 0.253 e. The van der Waals surface area contributed by atoms with Crippen LogP contribution in [-0.4, -0.2) is 29.9 Å². The lowest BCUT2D eigenvalue weighted by Crippen LogP contribution is -2.31. The number of amides is 1. The molecule has 0 aliphatic carbocycles. The lowest BCUT2D eigenvalue weighted by Gasteiger charge is -2.15. The smallest absolute Gasteiger partial charge is 0.253 e. The average molecular weight is 225 g/mol. The van der Waals surface area contributed by atoms with Crippen LogP contribution in [0.3, 0.4) is 0 Å². The number of hydrogen-bond acceptors (Lipinski definition) is 2. The predicted octanol–water partition coefficient (Wildman–Crippen LogP) is 1.51. The topological polar surface area (TPSA) is 46.3 Å². The van der Waals surface area contributed by atoms with E-state index in [0.29, 0.717) is 17.1 Å². The normalized spacial score (nSPS) is 20.7. The molecule has 15 heavy (non-hydrogen) atoms. The number of nitrogens with zero attached hydrogens (tertiary/aromatic N) is 1. The second kappa shape index (κ2) is 4.21. The maximum absolute atomic E-state index is 12.0. The number of rotatable bonds is 1. The number of halogens is 1. The van der Waals surface area contributed by atoms with E-state index < -0.39 is 0 Å². The highest BCUT2D eigenvalue weighted by atomic mass is 35.5. The van der Waals surface area contributed by atoms with Crippen LogP contribution in [0.15, 0.2) is 24.3 Å². The molecular weight excluding hydrogens is 212 g/mol. The van der Waals surface area contributed by atoms with Gasteiger partial charge in [0.15, 0.2) is 0 Å². The van der Waals surface area contributed by atoms with Crippen molar-refractivity contribution in [2.75, 3.05) is 13.1 Å². The van der Waals surface area contributed by atoms with Crippen molar-refractivity contribution >= 4 is 17.5 Å². The van der Waals surface area contributed by atoms with Crippen molar-refractivity contribution in [2.45, 2.75) is 12.5 Å². The van der Waals surface area contributed by atoms with Gasteiger partial charge in [0.25, 0.3) is 5.91 Å². The molecule has 1 aliphatic heterocycles. The number of carbonyl (C=O) groups excluding carboxylic acids is 1. The van der Waals surface area contributed by atoms with Gasteiger partial charge in [0.1, 0.15) is 0 Å². The van der Waals surface area contributed by atoms with Gasteiger partial charge in [-0.2, -0.15) is 0 Å². The van der Waals surface area contributed by atoms with Gasteiger partial charge in [0.05, 0.1) is 0 Å². The number of nitrogens with two attached hydrogens (primary N) is 1. The number of carbonyl (C=O) groups is 1. The minimum Gasteiger partial charge on any atom is -0.337 e. The Kier molecular flexibility index (Phi) is 2.93. The summed E-state index contributed by atoms with van der Waals surface area (Å²) in [6, 6.07) is 7.12. The summed E-state index contributed by atoms with van der Waals surface area (Å²) in [6.07, 6.45) is 0.881. The second-order valence-electron chi connectivity index (χ2n) is 3.81. The summed E-state index contributed by atoms with van der Waals surface area (Å²) in [7, 11) is 0. The third-order valence-corrected chi connectivity index (χ3v) is 2.82. The molecule has 2 N–H and O–H groups in total. The van der Waals surface area contributed by atoms with Crippen LogP contribution in [0, 0.1) is 0 Å². The Morgan fingerprint density at radius 3 is 2.93 bits per heavy atom. The van der Waals surface area contributed by atoms with E-state index in [0.717, 1.165) is 13.0 Å². The Hall–Kier alpha value is -1.06. The van der Waals surface area contributed by atoms with E-state index in [9.17, 15) is 4.79 Å². The first-order chi connectivity index (χ1) is 7.16. The third-order valence-electron chi connectivity index (χ3n) is 2.58. The summed E-state index contributed by atoms with van der Waals surface area (Å²) in [4.78, 5) is 13.7. The van der Waals surface area contributed by atoms with Gasteiger partial charge in [-0.3, -0.25) is 4.79 Å². The fourth-order valence-electron chi connectivity index (χ4n) is 1.78. The fourth-order valence-corrected chi connectivity index (χ4v) is 1.97. The highest BCUT2D eigenvalue weighted by Crippen LogP contribution is 2.15. The van der Waals surface area contributed by atoms with Crippen LogP contribution in [-0.2, 0) is 0 Å². The van der Waals surface area contributed by atoms with Crippen LogP contribution >= 0.6 is 11.6 Å². The van der Waals surface area contributed by atoms with Gasteiger partial charge in [-0.05, 0) is 24.6 Å². The molecule has 1 aliphatic rings. The first-order valence-electron chi connectivity index (χ1n) is 4.97. The lowest BCUT2D eigenvalue weighted by molar-refractivity contribution is 0.0791. The summed E-state index contributed by atoms with van der Waals surface area (Å²) in [6.45, 7) is 1.39. The Labute approximate surface area is 93.8 Å². The van der Waals surface area contributed by atoms with Gasteiger partial charge in [-0.15, -0.1) is 0 Å². The Bertz CT molecular complexity index is 381. The highest BCUT2D eigenvalue weighted by molar-refractivity contribution is 6.30. The molecule has 4 heteroatoms. The molecule has 1 atom stereocenters. The van der Waals surface area contributed by atoms with Gasteiger partial charge in [-0.25, -0.2) is 0 Å². The molecule has 0 aromatic heterocycles. The highest BCUT2D eigenvalue weighted by Gasteiger charge is 2.24. The molecule has 1 saturated heterocycles. The molecule has 80 valence electrons. The molecule has 0 radical (unpaired) electrons. The van der Waals surface area contributed by atoms with E-state index in [1.807, 2.05) is 0 Å². The molecule has 0 bridgehead atoms. The van der Waals surface area contributed by atoms with Crippen LogP contribution in [0.4, 0.5) is 0 Å². The SMILES string of the molecule is NC1CCN(C(=O)c2cccc(Cl)c2)C1. The summed E-state index contributed by atoms with van der Waals surface area (Å²) >= 11 is 5.83. The van der Waals surface area contributed by atoms with Crippen molar-refractivity contribution in [2.24, 2.45) is 5.73 Å². The average Bonchev–Trinajstić information content (AvgIpc) is 2.64. The Morgan fingerprint density at radius 2 is 2.33 bits per heavy atom. The minimum atomic E-state index is 0.0189. The predicted molar refractivity (Wildman–Crippen MR) is 59.9 cm³/mol. The van der Waals surface area contributed by atoms with Gasteiger partial charge < -0.3 is 10.6 Å². The zero-order chi connectivity index (χ0) is 10.8. The number of likely N-dealkylation sites (tertiary alicyclic amines) is 1. The molecule has 0 saturated carbocycles. The van der Waals surface area contributed by atoms with Crippen molar-refractivity contribution in [1.82, 2.24) is 4.90 Å². The van der Waals surface area contributed by atoms with Crippen LogP contribution in [0.2, 0.25) is 5.02 Å². The quantitative estimate of drug-likeness (QED) is 0.786. The number of benzene rings is 1. The van der Waals surface area contributed by atoms with Crippen molar-refractivity contribution < 1.29 is 4.79 Å². The standard InChI is InChI=1S/C11H13ClN2O/c12-9-3-1-2-8(6-9)11(15)14-5-4-10(13)7-14/h1-3,6,10H,4-5,7,13H2. The Balaban J connectivity index is 2.14. The van der Waals surface area contributed by atoms with E-state index in [2.05, 4.69) is 0 Å². The first-order valence-corrected chi connectivity index (χ1v) is 5.35. The van der Waals surface area contributed by atoms with E-state index in [1.165, 1.54) is 0 Å². The minimum absolute atomic E-state index is 0.0189. The summed E-state index contributed by atoms with van der Waals surface area (Å²) < 4.78 is 0. The van der Waals surface area contributed by atoms with Crippen LogP contribution in [0.1, 0.15) is 16.8 Å². The van der Waals surface area contributed by atoms with Gasteiger partial charge in [-0.1, -0.05) is 17.7 Å². The summed E-state index contributed by atoms with van der Waals surface area (Å²) in [5.74, 6) is 0.0189. The summed E-state index contributed by atoms with van der Waals surface area (Å²) in [5, 5.41) is 0.587. The lowest BCUT2D eigenvalue weighted by atomic mass is 10.2. The van der Waals surface area contributed by atoms with Gasteiger partial charge >= 0.3 is 0 Å². The molecule has 0 spiro atoms. The van der Waals surface area contributed by atoms with E-state index in [1.54, 1.807) is 29.2 Å². The van der Waals surface area contributed by atoms with Crippen LogP contribution in [0.25, 0.3) is 0 Å². The third kappa shape index (κ3) is 2.30. The van der Waals surface area contributed by atoms with Crippen molar-refractivity contribution in [3.05, 3.63) is 34.9 Å².